The quantitative estimate of drug-likeness (QED) is 0.525. The highest BCUT2D eigenvalue weighted by Gasteiger charge is 2.40. The second-order valence-electron chi connectivity index (χ2n) is 5.56. The van der Waals surface area contributed by atoms with Crippen LogP contribution in [0.15, 0.2) is 30.3 Å². The smallest absolute Gasteiger partial charge is 0.234 e. The van der Waals surface area contributed by atoms with Crippen LogP contribution < -0.4 is 20.3 Å². The minimum atomic E-state index is -3.62. The second-order valence-corrected chi connectivity index (χ2v) is 9.32. The summed E-state index contributed by atoms with van der Waals surface area (Å²) in [5.74, 6) is -0.336. The van der Waals surface area contributed by atoms with E-state index in [2.05, 4.69) is 20.3 Å². The van der Waals surface area contributed by atoms with E-state index in [1.54, 1.807) is 44.2 Å². The highest BCUT2D eigenvalue weighted by atomic mass is 32.2. The lowest BCUT2D eigenvalue weighted by atomic mass is 10.2. The van der Waals surface area contributed by atoms with E-state index in [9.17, 15) is 16.8 Å². The summed E-state index contributed by atoms with van der Waals surface area (Å²) in [7, 11) is -7.24. The third kappa shape index (κ3) is 4.88. The van der Waals surface area contributed by atoms with Crippen LogP contribution in [0.3, 0.4) is 0 Å². The fourth-order valence-electron chi connectivity index (χ4n) is 2.55. The predicted octanol–water partition coefficient (Wildman–Crippen LogP) is -0.399. The Morgan fingerprint density at radius 3 is 2.13 bits per heavy atom. The Balaban J connectivity index is 1.91. The van der Waals surface area contributed by atoms with Crippen LogP contribution in [-0.2, 0) is 20.0 Å². The average molecular weight is 362 g/mol. The summed E-state index contributed by atoms with van der Waals surface area (Å²) in [5.41, 5.74) is 6.18. The van der Waals surface area contributed by atoms with Crippen LogP contribution in [0.5, 0.6) is 0 Å². The zero-order valence-corrected chi connectivity index (χ0v) is 14.6. The number of hydrogen-bond acceptors (Lipinski definition) is 6. The van der Waals surface area contributed by atoms with Crippen LogP contribution in [0.1, 0.15) is 13.8 Å². The molecule has 1 heterocycles. The topological polar surface area (TPSA) is 116 Å². The van der Waals surface area contributed by atoms with Crippen molar-refractivity contribution in [3.8, 4) is 0 Å². The van der Waals surface area contributed by atoms with Crippen molar-refractivity contribution in [2.75, 3.05) is 17.0 Å². The molecule has 0 radical (unpaired) electrons. The van der Waals surface area contributed by atoms with E-state index >= 15 is 0 Å². The molecule has 2 atom stereocenters. The second kappa shape index (κ2) is 7.14. The van der Waals surface area contributed by atoms with Crippen molar-refractivity contribution in [2.45, 2.75) is 31.2 Å². The van der Waals surface area contributed by atoms with Gasteiger partial charge in [-0.05, 0) is 26.0 Å². The number of sulfonamides is 2. The average Bonchev–Trinajstić information content (AvgIpc) is 2.78. The van der Waals surface area contributed by atoms with Gasteiger partial charge in [-0.3, -0.25) is 15.6 Å². The number of hydrogen-bond donors (Lipinski definition) is 4. The van der Waals surface area contributed by atoms with Gasteiger partial charge in [0.1, 0.15) is 5.25 Å². The van der Waals surface area contributed by atoms with Crippen molar-refractivity contribution < 1.29 is 16.8 Å². The Kier molecular flexibility index (Phi) is 5.63. The summed E-state index contributed by atoms with van der Waals surface area (Å²) in [6.45, 7) is 3.34. The molecular formula is C13H22N4O4S2. The molecule has 23 heavy (non-hydrogen) atoms. The van der Waals surface area contributed by atoms with Crippen LogP contribution in [-0.4, -0.2) is 46.5 Å². The first-order valence-corrected chi connectivity index (χ1v) is 10.5. The molecule has 0 aromatic heterocycles. The van der Waals surface area contributed by atoms with Gasteiger partial charge in [0.15, 0.2) is 0 Å². The first kappa shape index (κ1) is 18.1. The van der Waals surface area contributed by atoms with Crippen molar-refractivity contribution in [2.24, 2.45) is 0 Å². The lowest BCUT2D eigenvalue weighted by molar-refractivity contribution is 0.546. The van der Waals surface area contributed by atoms with E-state index in [4.69, 9.17) is 0 Å². The molecule has 2 unspecified atom stereocenters. The van der Waals surface area contributed by atoms with Gasteiger partial charge in [-0.15, -0.1) is 0 Å². The van der Waals surface area contributed by atoms with Crippen LogP contribution in [0.4, 0.5) is 5.69 Å². The Labute approximate surface area is 137 Å². The molecule has 4 N–H and O–H groups in total. The predicted molar refractivity (Wildman–Crippen MR) is 89.8 cm³/mol. The van der Waals surface area contributed by atoms with Crippen LogP contribution in [0, 0.1) is 0 Å². The lowest BCUT2D eigenvalue weighted by Crippen LogP contribution is -2.45. The van der Waals surface area contributed by atoms with Gasteiger partial charge in [0, 0.05) is 24.3 Å². The van der Waals surface area contributed by atoms with E-state index in [0.717, 1.165) is 0 Å². The number of benzene rings is 1. The molecule has 1 saturated heterocycles. The maximum absolute atomic E-state index is 12.3. The van der Waals surface area contributed by atoms with Gasteiger partial charge >= 0.3 is 0 Å². The molecule has 1 fully saturated rings. The molecule has 0 aliphatic carbocycles. The summed E-state index contributed by atoms with van der Waals surface area (Å²) < 4.78 is 53.3. The standard InChI is InChI=1S/C13H22N4O4S2/c1-10-13(11(2)16-15-10)23(20,21)14-8-9-22(18,19)17-12-6-4-3-5-7-12/h3-7,10-11,13-17H,8-9H2,1-2H3. The fraction of sp³-hybridized carbons (Fsp3) is 0.538. The third-order valence-electron chi connectivity index (χ3n) is 3.60. The van der Waals surface area contributed by atoms with Gasteiger partial charge in [-0.25, -0.2) is 21.6 Å². The summed E-state index contributed by atoms with van der Waals surface area (Å²) in [5, 5.41) is -0.660. The molecule has 0 amide bonds. The highest BCUT2D eigenvalue weighted by molar-refractivity contribution is 7.93. The number of hydrazine groups is 1. The maximum atomic E-state index is 12.3. The fourth-order valence-corrected chi connectivity index (χ4v) is 5.44. The van der Waals surface area contributed by atoms with Crippen molar-refractivity contribution in [1.29, 1.82) is 0 Å². The molecule has 1 aliphatic heterocycles. The number of rotatable bonds is 7. The summed E-state index contributed by atoms with van der Waals surface area (Å²) in [6.07, 6.45) is 0. The Hall–Kier alpha value is -1.20. The molecule has 1 aromatic rings. The lowest BCUT2D eigenvalue weighted by Gasteiger charge is -2.19. The van der Waals surface area contributed by atoms with Gasteiger partial charge in [0.2, 0.25) is 20.0 Å². The normalized spacial score (nSPS) is 25.4. The van der Waals surface area contributed by atoms with E-state index in [-0.39, 0.29) is 24.4 Å². The molecule has 8 nitrogen and oxygen atoms in total. The molecule has 0 bridgehead atoms. The molecular weight excluding hydrogens is 340 g/mol. The van der Waals surface area contributed by atoms with Crippen LogP contribution in [0.25, 0.3) is 0 Å². The monoisotopic (exact) mass is 362 g/mol. The summed E-state index contributed by atoms with van der Waals surface area (Å²) in [6, 6.07) is 7.93. The van der Waals surface area contributed by atoms with Crippen molar-refractivity contribution in [3.05, 3.63) is 30.3 Å². The number of anilines is 1. The van der Waals surface area contributed by atoms with E-state index in [0.29, 0.717) is 5.69 Å². The Bertz CT molecular complexity index is 712. The first-order valence-electron chi connectivity index (χ1n) is 7.26. The van der Waals surface area contributed by atoms with Gasteiger partial charge in [0.25, 0.3) is 0 Å². The third-order valence-corrected chi connectivity index (χ3v) is 7.03. The minimum absolute atomic E-state index is 0.180. The number of nitrogens with one attached hydrogen (secondary N) is 4. The van der Waals surface area contributed by atoms with Crippen molar-refractivity contribution in [1.82, 2.24) is 15.6 Å². The summed E-state index contributed by atoms with van der Waals surface area (Å²) in [4.78, 5) is 0. The first-order chi connectivity index (χ1) is 10.7. The SMILES string of the molecule is CC1NNC(C)C1S(=O)(=O)NCCS(=O)(=O)Nc1ccccc1. The zero-order chi connectivity index (χ0) is 17.1. The van der Waals surface area contributed by atoms with Crippen LogP contribution >= 0.6 is 0 Å². The minimum Gasteiger partial charge on any atom is -0.284 e. The molecule has 130 valence electrons. The molecule has 10 heteroatoms. The van der Waals surface area contributed by atoms with Gasteiger partial charge in [-0.1, -0.05) is 18.2 Å². The Morgan fingerprint density at radius 1 is 1.00 bits per heavy atom. The van der Waals surface area contributed by atoms with Gasteiger partial charge in [-0.2, -0.15) is 0 Å². The van der Waals surface area contributed by atoms with E-state index < -0.39 is 25.3 Å². The molecule has 2 rings (SSSR count). The van der Waals surface area contributed by atoms with Crippen molar-refractivity contribution in [3.63, 3.8) is 0 Å². The van der Waals surface area contributed by atoms with Gasteiger partial charge < -0.3 is 0 Å². The molecule has 1 aliphatic rings. The molecule has 0 spiro atoms. The zero-order valence-electron chi connectivity index (χ0n) is 13.0. The number of para-hydroxylation sites is 1. The molecule has 0 saturated carbocycles. The summed E-state index contributed by atoms with van der Waals surface area (Å²) >= 11 is 0. The largest absolute Gasteiger partial charge is 0.284 e. The highest BCUT2D eigenvalue weighted by Crippen LogP contribution is 2.14. The van der Waals surface area contributed by atoms with Crippen molar-refractivity contribution >= 4 is 25.7 Å². The van der Waals surface area contributed by atoms with Crippen LogP contribution in [0.2, 0.25) is 0 Å². The van der Waals surface area contributed by atoms with E-state index in [1.165, 1.54) is 0 Å². The Morgan fingerprint density at radius 2 is 1.57 bits per heavy atom. The maximum Gasteiger partial charge on any atom is 0.234 e. The van der Waals surface area contributed by atoms with Gasteiger partial charge in [0.05, 0.1) is 5.75 Å². The van der Waals surface area contributed by atoms with E-state index in [1.807, 2.05) is 0 Å². The molecule has 1 aromatic carbocycles.